The molecule has 0 bridgehead atoms. The normalized spacial score (nSPS) is 10.7. The molecule has 23 heavy (non-hydrogen) atoms. The van der Waals surface area contributed by atoms with Gasteiger partial charge in [-0.25, -0.2) is 4.98 Å². The highest BCUT2D eigenvalue weighted by Gasteiger charge is 2.06. The fraction of sp³-hybridized carbons (Fsp3) is 0.222. The molecule has 0 radical (unpaired) electrons. The Hall–Kier alpha value is -2.82. The van der Waals surface area contributed by atoms with E-state index in [0.29, 0.717) is 10.9 Å². The van der Waals surface area contributed by atoms with E-state index in [0.717, 1.165) is 23.5 Å². The van der Waals surface area contributed by atoms with Crippen LogP contribution in [0.5, 0.6) is 0 Å². The molecule has 3 aromatic rings. The minimum Gasteiger partial charge on any atom is -0.388 e. The van der Waals surface area contributed by atoms with Gasteiger partial charge in [0.05, 0.1) is 17.2 Å². The largest absolute Gasteiger partial charge is 0.388 e. The molecule has 0 saturated carbocycles. The maximum atomic E-state index is 12.2. The van der Waals surface area contributed by atoms with E-state index >= 15 is 0 Å². The van der Waals surface area contributed by atoms with Crippen LogP contribution in [0.2, 0.25) is 0 Å². The first-order valence-corrected chi connectivity index (χ1v) is 7.65. The fourth-order valence-corrected chi connectivity index (χ4v) is 2.60. The molecule has 0 spiro atoms. The third kappa shape index (κ3) is 2.90. The van der Waals surface area contributed by atoms with Gasteiger partial charge in [-0.3, -0.25) is 4.79 Å². The Morgan fingerprint density at radius 1 is 1.13 bits per heavy atom. The quantitative estimate of drug-likeness (QED) is 0.776. The Kier molecular flexibility index (Phi) is 4.02. The van der Waals surface area contributed by atoms with Gasteiger partial charge >= 0.3 is 0 Å². The van der Waals surface area contributed by atoms with Crippen LogP contribution in [0.25, 0.3) is 10.9 Å². The molecule has 5 heteroatoms. The van der Waals surface area contributed by atoms with Crippen LogP contribution < -0.4 is 16.2 Å². The number of hydrogen-bond donors (Lipinski definition) is 2. The monoisotopic (exact) mass is 308 g/mol. The molecular weight excluding hydrogens is 288 g/mol. The van der Waals surface area contributed by atoms with Crippen molar-refractivity contribution in [3.63, 3.8) is 0 Å². The van der Waals surface area contributed by atoms with E-state index in [2.05, 4.69) is 40.7 Å². The molecule has 2 N–H and O–H groups in total. The molecule has 0 unspecified atom stereocenters. The molecule has 118 valence electrons. The maximum absolute atomic E-state index is 12.2. The molecule has 2 aromatic carbocycles. The summed E-state index contributed by atoms with van der Waals surface area (Å²) >= 11 is 0. The van der Waals surface area contributed by atoms with Crippen molar-refractivity contribution in [2.45, 2.75) is 13.3 Å². The van der Waals surface area contributed by atoms with Gasteiger partial charge in [0.2, 0.25) is 0 Å². The number of aromatic nitrogens is 2. The predicted octanol–water partition coefficient (Wildman–Crippen LogP) is 3.28. The van der Waals surface area contributed by atoms with E-state index in [-0.39, 0.29) is 5.56 Å². The molecular formula is C18H20N4O. The number of hydrogen-bond acceptors (Lipinski definition) is 4. The molecule has 0 atom stereocenters. The van der Waals surface area contributed by atoms with Gasteiger partial charge in [0.1, 0.15) is 0 Å². The minimum atomic E-state index is -0.0432. The zero-order valence-electron chi connectivity index (χ0n) is 13.6. The Morgan fingerprint density at radius 2 is 1.91 bits per heavy atom. The van der Waals surface area contributed by atoms with E-state index in [4.69, 9.17) is 0 Å². The molecule has 0 aliphatic heterocycles. The van der Waals surface area contributed by atoms with Crippen LogP contribution in [-0.2, 0) is 13.5 Å². The lowest BCUT2D eigenvalue weighted by Crippen LogP contribution is -2.16. The van der Waals surface area contributed by atoms with Crippen LogP contribution >= 0.6 is 0 Å². The predicted molar refractivity (Wildman–Crippen MR) is 95.6 cm³/mol. The van der Waals surface area contributed by atoms with E-state index in [9.17, 15) is 4.79 Å². The smallest absolute Gasteiger partial charge is 0.260 e. The third-order valence-corrected chi connectivity index (χ3v) is 3.98. The second-order valence-electron chi connectivity index (χ2n) is 5.49. The van der Waals surface area contributed by atoms with E-state index < -0.39 is 0 Å². The summed E-state index contributed by atoms with van der Waals surface area (Å²) in [7, 11) is 3.61. The van der Waals surface area contributed by atoms with E-state index in [1.165, 1.54) is 10.1 Å². The summed E-state index contributed by atoms with van der Waals surface area (Å²) < 4.78 is 1.49. The SMILES string of the molecule is CCc1ccc(NC)cc1Nc1ccc2ncn(C)c(=O)c2c1. The van der Waals surface area contributed by atoms with Crippen molar-refractivity contribution in [1.82, 2.24) is 9.55 Å². The lowest BCUT2D eigenvalue weighted by Gasteiger charge is -2.13. The van der Waals surface area contributed by atoms with E-state index in [1.807, 2.05) is 25.2 Å². The van der Waals surface area contributed by atoms with Gasteiger partial charge in [0.15, 0.2) is 0 Å². The number of benzene rings is 2. The summed E-state index contributed by atoms with van der Waals surface area (Å²) in [6.07, 6.45) is 2.48. The van der Waals surface area contributed by atoms with Crippen LogP contribution in [0.15, 0.2) is 47.5 Å². The summed E-state index contributed by atoms with van der Waals surface area (Å²) in [4.78, 5) is 16.5. The molecule has 0 aliphatic carbocycles. The summed E-state index contributed by atoms with van der Waals surface area (Å²) in [5.74, 6) is 0. The van der Waals surface area contributed by atoms with Gasteiger partial charge < -0.3 is 15.2 Å². The highest BCUT2D eigenvalue weighted by molar-refractivity contribution is 5.83. The number of fused-ring (bicyclic) bond motifs is 1. The highest BCUT2D eigenvalue weighted by Crippen LogP contribution is 2.26. The van der Waals surface area contributed by atoms with Crippen LogP contribution in [0.4, 0.5) is 17.1 Å². The topological polar surface area (TPSA) is 59.0 Å². The average molecular weight is 308 g/mol. The van der Waals surface area contributed by atoms with Crippen molar-refractivity contribution in [3.8, 4) is 0 Å². The molecule has 0 fully saturated rings. The van der Waals surface area contributed by atoms with Crippen LogP contribution in [0, 0.1) is 0 Å². The van der Waals surface area contributed by atoms with Crippen LogP contribution in [0.3, 0.4) is 0 Å². The second-order valence-corrected chi connectivity index (χ2v) is 5.49. The summed E-state index contributed by atoms with van der Waals surface area (Å²) in [6.45, 7) is 2.12. The average Bonchev–Trinajstić information content (AvgIpc) is 2.58. The van der Waals surface area contributed by atoms with Crippen LogP contribution in [-0.4, -0.2) is 16.6 Å². The lowest BCUT2D eigenvalue weighted by molar-refractivity contribution is 0.843. The second kappa shape index (κ2) is 6.12. The van der Waals surface area contributed by atoms with Crippen molar-refractivity contribution in [3.05, 3.63) is 58.6 Å². The third-order valence-electron chi connectivity index (χ3n) is 3.98. The number of rotatable bonds is 4. The van der Waals surface area contributed by atoms with Gasteiger partial charge in [0.25, 0.3) is 5.56 Å². The Bertz CT molecular complexity index is 915. The Balaban J connectivity index is 2.05. The molecule has 1 heterocycles. The summed E-state index contributed by atoms with van der Waals surface area (Å²) in [5.41, 5.74) is 4.85. The first-order valence-electron chi connectivity index (χ1n) is 7.65. The van der Waals surface area contributed by atoms with Gasteiger partial charge in [-0.15, -0.1) is 0 Å². The lowest BCUT2D eigenvalue weighted by atomic mass is 10.1. The standard InChI is InChI=1S/C18H20N4O/c1-4-12-5-6-13(19-2)10-17(12)21-14-7-8-16-15(9-14)18(23)22(3)11-20-16/h5-11,19,21H,4H2,1-3H3. The van der Waals surface area contributed by atoms with Crippen LogP contribution in [0.1, 0.15) is 12.5 Å². The van der Waals surface area contributed by atoms with Crippen molar-refractivity contribution in [2.24, 2.45) is 7.05 Å². The summed E-state index contributed by atoms with van der Waals surface area (Å²) in [6, 6.07) is 11.9. The first kappa shape index (κ1) is 15.1. The number of aryl methyl sites for hydroxylation is 2. The van der Waals surface area contributed by atoms with Crippen molar-refractivity contribution in [1.29, 1.82) is 0 Å². The fourth-order valence-electron chi connectivity index (χ4n) is 2.60. The highest BCUT2D eigenvalue weighted by atomic mass is 16.1. The number of nitrogens with one attached hydrogen (secondary N) is 2. The first-order chi connectivity index (χ1) is 11.1. The van der Waals surface area contributed by atoms with Gasteiger partial charge in [0, 0.05) is 31.2 Å². The molecule has 3 rings (SSSR count). The molecule has 0 aliphatic rings. The van der Waals surface area contributed by atoms with Gasteiger partial charge in [-0.05, 0) is 42.3 Å². The molecule has 5 nitrogen and oxygen atoms in total. The van der Waals surface area contributed by atoms with Crippen molar-refractivity contribution in [2.75, 3.05) is 17.7 Å². The molecule has 1 aromatic heterocycles. The Morgan fingerprint density at radius 3 is 2.65 bits per heavy atom. The maximum Gasteiger partial charge on any atom is 0.260 e. The minimum absolute atomic E-state index is 0.0432. The number of nitrogens with zero attached hydrogens (tertiary/aromatic N) is 2. The zero-order chi connectivity index (χ0) is 16.4. The van der Waals surface area contributed by atoms with Crippen molar-refractivity contribution >= 4 is 28.0 Å². The summed E-state index contributed by atoms with van der Waals surface area (Å²) in [5, 5.41) is 7.18. The molecule has 0 amide bonds. The molecule has 0 saturated heterocycles. The number of anilines is 3. The Labute approximate surface area is 135 Å². The van der Waals surface area contributed by atoms with E-state index in [1.54, 1.807) is 13.4 Å². The zero-order valence-corrected chi connectivity index (χ0v) is 13.6. The van der Waals surface area contributed by atoms with Gasteiger partial charge in [-0.2, -0.15) is 0 Å². The van der Waals surface area contributed by atoms with Gasteiger partial charge in [-0.1, -0.05) is 13.0 Å². The van der Waals surface area contributed by atoms with Crippen molar-refractivity contribution < 1.29 is 0 Å².